The fraction of sp³-hybridized carbons (Fsp3) is 0.667. The van der Waals surface area contributed by atoms with E-state index in [-0.39, 0.29) is 11.9 Å². The number of hydrogen-bond donors (Lipinski definition) is 0. The van der Waals surface area contributed by atoms with Gasteiger partial charge in [-0.05, 0) is 46.5 Å². The first-order chi connectivity index (χ1) is 7.97. The van der Waals surface area contributed by atoms with Gasteiger partial charge in [0.1, 0.15) is 0 Å². The van der Waals surface area contributed by atoms with Crippen LogP contribution in [0.2, 0.25) is 0 Å². The normalized spacial score (nSPS) is 11.8. The second kappa shape index (κ2) is 9.03. The van der Waals surface area contributed by atoms with Gasteiger partial charge in [-0.3, -0.25) is 4.79 Å². The number of allylic oxidation sites excluding steroid dienone is 3. The number of rotatable bonds is 8. The lowest BCUT2D eigenvalue weighted by molar-refractivity contribution is -0.147. The predicted molar refractivity (Wildman–Crippen MR) is 72.8 cm³/mol. The molecule has 0 aliphatic rings. The summed E-state index contributed by atoms with van der Waals surface area (Å²) >= 11 is 0. The van der Waals surface area contributed by atoms with Crippen molar-refractivity contribution in [2.24, 2.45) is 5.92 Å². The van der Waals surface area contributed by atoms with E-state index in [9.17, 15) is 4.79 Å². The van der Waals surface area contributed by atoms with Crippen molar-refractivity contribution in [3.63, 3.8) is 0 Å². The summed E-state index contributed by atoms with van der Waals surface area (Å²) in [5.41, 5.74) is 2.57. The highest BCUT2D eigenvalue weighted by molar-refractivity contribution is 5.71. The summed E-state index contributed by atoms with van der Waals surface area (Å²) in [7, 11) is 0. The Kier molecular flexibility index (Phi) is 8.47. The molecule has 98 valence electrons. The number of esters is 1. The van der Waals surface area contributed by atoms with Crippen LogP contribution in [0, 0.1) is 5.92 Å². The first kappa shape index (κ1) is 16.0. The van der Waals surface area contributed by atoms with Gasteiger partial charge in [0.2, 0.25) is 0 Å². The Morgan fingerprint density at radius 3 is 2.53 bits per heavy atom. The molecule has 0 rings (SSSR count). The quantitative estimate of drug-likeness (QED) is 0.466. The fourth-order valence-electron chi connectivity index (χ4n) is 1.51. The van der Waals surface area contributed by atoms with Gasteiger partial charge in [0.05, 0.1) is 12.5 Å². The minimum atomic E-state index is -0.0930. The summed E-state index contributed by atoms with van der Waals surface area (Å²) in [5.74, 6) is -0.111. The third-order valence-corrected chi connectivity index (χ3v) is 2.67. The molecule has 0 saturated heterocycles. The van der Waals surface area contributed by atoms with Crippen LogP contribution in [0.25, 0.3) is 0 Å². The maximum atomic E-state index is 11.4. The van der Waals surface area contributed by atoms with Crippen LogP contribution in [-0.4, -0.2) is 12.6 Å². The first-order valence-corrected chi connectivity index (χ1v) is 6.44. The minimum absolute atomic E-state index is 0.0184. The van der Waals surface area contributed by atoms with Crippen LogP contribution in [0.15, 0.2) is 23.8 Å². The van der Waals surface area contributed by atoms with Crippen LogP contribution in [-0.2, 0) is 9.53 Å². The van der Waals surface area contributed by atoms with E-state index >= 15 is 0 Å². The van der Waals surface area contributed by atoms with Gasteiger partial charge in [0.15, 0.2) is 0 Å². The number of ether oxygens (including phenoxy) is 1. The van der Waals surface area contributed by atoms with E-state index in [2.05, 4.69) is 26.5 Å². The van der Waals surface area contributed by atoms with Crippen molar-refractivity contribution >= 4 is 5.97 Å². The Balaban J connectivity index is 3.76. The molecule has 2 nitrogen and oxygen atoms in total. The monoisotopic (exact) mass is 238 g/mol. The molecular formula is C15H26O2. The van der Waals surface area contributed by atoms with Crippen LogP contribution in [0.3, 0.4) is 0 Å². The molecule has 2 heteroatoms. The Morgan fingerprint density at radius 2 is 2.00 bits per heavy atom. The third kappa shape index (κ3) is 8.73. The van der Waals surface area contributed by atoms with Gasteiger partial charge in [-0.25, -0.2) is 0 Å². The lowest BCUT2D eigenvalue weighted by atomic mass is 9.99. The number of carbonyl (C=O) groups excluding carboxylic acids is 1. The SMILES string of the molecule is C=C(CCC=C(C)C)CCC(C)C(=O)OCC. The molecule has 0 heterocycles. The molecule has 0 saturated carbocycles. The summed E-state index contributed by atoms with van der Waals surface area (Å²) in [5, 5.41) is 0. The molecule has 0 aromatic carbocycles. The summed E-state index contributed by atoms with van der Waals surface area (Å²) in [6.07, 6.45) is 6.04. The highest BCUT2D eigenvalue weighted by Gasteiger charge is 2.13. The van der Waals surface area contributed by atoms with Crippen LogP contribution >= 0.6 is 0 Å². The van der Waals surface area contributed by atoms with Crippen LogP contribution in [0.5, 0.6) is 0 Å². The van der Waals surface area contributed by atoms with Crippen molar-refractivity contribution < 1.29 is 9.53 Å². The van der Waals surface area contributed by atoms with E-state index < -0.39 is 0 Å². The second-order valence-electron chi connectivity index (χ2n) is 4.76. The molecule has 0 aromatic heterocycles. The van der Waals surface area contributed by atoms with Crippen molar-refractivity contribution in [2.45, 2.75) is 53.4 Å². The Bertz CT molecular complexity index is 273. The van der Waals surface area contributed by atoms with Gasteiger partial charge in [0.25, 0.3) is 0 Å². The van der Waals surface area contributed by atoms with Gasteiger partial charge >= 0.3 is 5.97 Å². The molecule has 1 atom stereocenters. The van der Waals surface area contributed by atoms with Crippen LogP contribution < -0.4 is 0 Å². The molecule has 0 spiro atoms. The smallest absolute Gasteiger partial charge is 0.308 e. The zero-order valence-electron chi connectivity index (χ0n) is 11.7. The highest BCUT2D eigenvalue weighted by atomic mass is 16.5. The molecule has 0 amide bonds. The molecule has 0 radical (unpaired) electrons. The maximum absolute atomic E-state index is 11.4. The summed E-state index contributed by atoms with van der Waals surface area (Å²) in [4.78, 5) is 11.4. The van der Waals surface area contributed by atoms with E-state index in [1.807, 2.05) is 13.8 Å². The Labute approximate surface area is 106 Å². The van der Waals surface area contributed by atoms with E-state index in [1.54, 1.807) is 0 Å². The second-order valence-corrected chi connectivity index (χ2v) is 4.76. The maximum Gasteiger partial charge on any atom is 0.308 e. The zero-order valence-corrected chi connectivity index (χ0v) is 11.7. The fourth-order valence-corrected chi connectivity index (χ4v) is 1.51. The van der Waals surface area contributed by atoms with Gasteiger partial charge in [-0.2, -0.15) is 0 Å². The lowest BCUT2D eigenvalue weighted by Gasteiger charge is -2.11. The average molecular weight is 238 g/mol. The molecule has 0 aromatic rings. The third-order valence-electron chi connectivity index (χ3n) is 2.67. The predicted octanol–water partition coefficient (Wildman–Crippen LogP) is 4.27. The molecule has 0 fully saturated rings. The van der Waals surface area contributed by atoms with Gasteiger partial charge in [-0.15, -0.1) is 0 Å². The summed E-state index contributed by atoms with van der Waals surface area (Å²) in [6, 6.07) is 0. The highest BCUT2D eigenvalue weighted by Crippen LogP contribution is 2.16. The van der Waals surface area contributed by atoms with Crippen molar-refractivity contribution in [3.05, 3.63) is 23.8 Å². The molecule has 0 aliphatic heterocycles. The van der Waals surface area contributed by atoms with E-state index in [1.165, 1.54) is 11.1 Å². The van der Waals surface area contributed by atoms with E-state index in [0.29, 0.717) is 6.61 Å². The van der Waals surface area contributed by atoms with Gasteiger partial charge in [0, 0.05) is 0 Å². The van der Waals surface area contributed by atoms with Crippen LogP contribution in [0.4, 0.5) is 0 Å². The zero-order chi connectivity index (χ0) is 13.3. The molecule has 0 bridgehead atoms. The number of hydrogen-bond acceptors (Lipinski definition) is 2. The minimum Gasteiger partial charge on any atom is -0.466 e. The molecular weight excluding hydrogens is 212 g/mol. The molecule has 0 aliphatic carbocycles. The summed E-state index contributed by atoms with van der Waals surface area (Å²) < 4.78 is 4.97. The average Bonchev–Trinajstić information content (AvgIpc) is 2.25. The Hall–Kier alpha value is -1.05. The largest absolute Gasteiger partial charge is 0.466 e. The molecule has 0 N–H and O–H groups in total. The standard InChI is InChI=1S/C15H26O2/c1-6-17-15(16)14(5)11-10-13(4)9-7-8-12(2)3/h8,14H,4,6-7,9-11H2,1-3,5H3. The van der Waals surface area contributed by atoms with Crippen molar-refractivity contribution in [3.8, 4) is 0 Å². The van der Waals surface area contributed by atoms with Gasteiger partial charge < -0.3 is 4.74 Å². The summed E-state index contributed by atoms with van der Waals surface area (Å²) in [6.45, 7) is 12.5. The van der Waals surface area contributed by atoms with Crippen molar-refractivity contribution in [1.82, 2.24) is 0 Å². The van der Waals surface area contributed by atoms with Crippen molar-refractivity contribution in [1.29, 1.82) is 0 Å². The van der Waals surface area contributed by atoms with E-state index in [4.69, 9.17) is 4.74 Å². The molecule has 17 heavy (non-hydrogen) atoms. The van der Waals surface area contributed by atoms with Gasteiger partial charge in [-0.1, -0.05) is 30.7 Å². The number of carbonyl (C=O) groups is 1. The lowest BCUT2D eigenvalue weighted by Crippen LogP contribution is -2.14. The van der Waals surface area contributed by atoms with Crippen molar-refractivity contribution in [2.75, 3.05) is 6.61 Å². The first-order valence-electron chi connectivity index (χ1n) is 6.44. The van der Waals surface area contributed by atoms with E-state index in [0.717, 1.165) is 25.7 Å². The van der Waals surface area contributed by atoms with Crippen LogP contribution in [0.1, 0.15) is 53.4 Å². The molecule has 1 unspecified atom stereocenters. The topological polar surface area (TPSA) is 26.3 Å². The Morgan fingerprint density at radius 1 is 1.35 bits per heavy atom.